The largest absolute Gasteiger partial charge is 0.329 e. The van der Waals surface area contributed by atoms with Crippen LogP contribution in [0.15, 0.2) is 12.1 Å². The highest BCUT2D eigenvalue weighted by molar-refractivity contribution is 7.93. The monoisotopic (exact) mass is 268 g/mol. The number of nitrogens with two attached hydrogens (primary N) is 1. The summed E-state index contributed by atoms with van der Waals surface area (Å²) in [6.07, 6.45) is 0.617. The third kappa shape index (κ3) is 2.01. The van der Waals surface area contributed by atoms with E-state index in [9.17, 15) is 8.42 Å². The van der Waals surface area contributed by atoms with Crippen molar-refractivity contribution >= 4 is 15.7 Å². The maximum Gasteiger partial charge on any atom is 0.239 e. The maximum atomic E-state index is 12.4. The number of sulfonamides is 1. The molecule has 1 aliphatic rings. The van der Waals surface area contributed by atoms with E-state index < -0.39 is 15.3 Å². The highest BCUT2D eigenvalue weighted by Crippen LogP contribution is 2.33. The molecule has 1 atom stereocenters. The van der Waals surface area contributed by atoms with E-state index >= 15 is 0 Å². The van der Waals surface area contributed by atoms with E-state index in [1.54, 1.807) is 0 Å². The van der Waals surface area contributed by atoms with Crippen LogP contribution >= 0.6 is 0 Å². The molecular weight excluding hydrogens is 248 g/mol. The molecule has 1 aromatic rings. The molecule has 1 saturated heterocycles. The first-order valence-electron chi connectivity index (χ1n) is 6.17. The molecule has 0 unspecified atom stereocenters. The van der Waals surface area contributed by atoms with Crippen molar-refractivity contribution < 1.29 is 8.42 Å². The van der Waals surface area contributed by atoms with Crippen LogP contribution in [0.2, 0.25) is 0 Å². The molecule has 0 amide bonds. The lowest BCUT2D eigenvalue weighted by atomic mass is 10.1. The van der Waals surface area contributed by atoms with Crippen LogP contribution in [0.4, 0.5) is 5.69 Å². The molecule has 1 aliphatic heterocycles. The Morgan fingerprint density at radius 1 is 1.28 bits per heavy atom. The zero-order valence-electron chi connectivity index (χ0n) is 11.1. The van der Waals surface area contributed by atoms with Gasteiger partial charge >= 0.3 is 0 Å². The molecule has 100 valence electrons. The Bertz CT molecular complexity index is 543. The van der Waals surface area contributed by atoms with Crippen molar-refractivity contribution in [1.29, 1.82) is 0 Å². The van der Waals surface area contributed by atoms with Gasteiger partial charge in [-0.05, 0) is 38.3 Å². The second-order valence-corrected chi connectivity index (χ2v) is 7.15. The molecule has 18 heavy (non-hydrogen) atoms. The van der Waals surface area contributed by atoms with E-state index in [2.05, 4.69) is 0 Å². The van der Waals surface area contributed by atoms with Crippen LogP contribution in [-0.4, -0.2) is 26.8 Å². The molecular formula is C13H20N2O2S. The lowest BCUT2D eigenvalue weighted by molar-refractivity contribution is 0.588. The summed E-state index contributed by atoms with van der Waals surface area (Å²) in [4.78, 5) is 0. The van der Waals surface area contributed by atoms with E-state index in [0.717, 1.165) is 22.4 Å². The number of rotatable bonds is 2. The first kappa shape index (κ1) is 13.4. The minimum absolute atomic E-state index is 0.197. The van der Waals surface area contributed by atoms with E-state index in [0.29, 0.717) is 13.0 Å². The normalized spacial score (nSPS) is 22.4. The van der Waals surface area contributed by atoms with Crippen LogP contribution in [0, 0.1) is 20.8 Å². The predicted octanol–water partition coefficient (Wildman–Crippen LogP) is 1.48. The Balaban J connectivity index is 2.52. The molecule has 0 saturated carbocycles. The fourth-order valence-electron chi connectivity index (χ4n) is 2.76. The number of aryl methyl sites for hydroxylation is 3. The lowest BCUT2D eigenvalue weighted by Gasteiger charge is -2.23. The average Bonchev–Trinajstić information content (AvgIpc) is 2.53. The van der Waals surface area contributed by atoms with Crippen LogP contribution in [0.1, 0.15) is 23.1 Å². The number of hydrogen-bond acceptors (Lipinski definition) is 3. The van der Waals surface area contributed by atoms with Crippen molar-refractivity contribution in [3.63, 3.8) is 0 Å². The van der Waals surface area contributed by atoms with Crippen LogP contribution in [-0.2, 0) is 10.0 Å². The van der Waals surface area contributed by atoms with E-state index in [-0.39, 0.29) is 6.54 Å². The summed E-state index contributed by atoms with van der Waals surface area (Å²) in [5.74, 6) is 0. The zero-order valence-corrected chi connectivity index (χ0v) is 11.9. The van der Waals surface area contributed by atoms with Gasteiger partial charge in [-0.15, -0.1) is 0 Å². The molecule has 0 bridgehead atoms. The van der Waals surface area contributed by atoms with E-state index in [1.165, 1.54) is 4.31 Å². The number of hydrogen-bond donors (Lipinski definition) is 1. The second kappa shape index (κ2) is 4.55. The minimum Gasteiger partial charge on any atom is -0.329 e. The number of benzene rings is 1. The Morgan fingerprint density at radius 3 is 2.28 bits per heavy atom. The molecule has 2 N–H and O–H groups in total. The van der Waals surface area contributed by atoms with Crippen LogP contribution in [0.25, 0.3) is 0 Å². The number of anilines is 1. The van der Waals surface area contributed by atoms with Gasteiger partial charge in [-0.25, -0.2) is 8.42 Å². The topological polar surface area (TPSA) is 63.4 Å². The van der Waals surface area contributed by atoms with Crippen molar-refractivity contribution in [2.75, 3.05) is 17.4 Å². The van der Waals surface area contributed by atoms with Crippen molar-refractivity contribution in [3.05, 3.63) is 28.8 Å². The summed E-state index contributed by atoms with van der Waals surface area (Å²) in [6, 6.07) is 4.04. The van der Waals surface area contributed by atoms with Crippen molar-refractivity contribution in [2.24, 2.45) is 5.73 Å². The SMILES string of the molecule is Cc1cc(C)c(N2CC[C@H](CN)S2(=O)=O)c(C)c1. The molecule has 2 rings (SSSR count). The van der Waals surface area contributed by atoms with Gasteiger partial charge in [0.25, 0.3) is 0 Å². The standard InChI is InChI=1S/C13H20N2O2S/c1-9-6-10(2)13(11(3)7-9)15-5-4-12(8-14)18(15,16)17/h6-7,12H,4-5,8,14H2,1-3H3/t12-/m1/s1. The van der Waals surface area contributed by atoms with Gasteiger partial charge in [0.15, 0.2) is 0 Å². The third-order valence-electron chi connectivity index (χ3n) is 3.53. The Hall–Kier alpha value is -1.07. The van der Waals surface area contributed by atoms with Crippen molar-refractivity contribution in [2.45, 2.75) is 32.4 Å². The summed E-state index contributed by atoms with van der Waals surface area (Å²) >= 11 is 0. The van der Waals surface area contributed by atoms with Gasteiger partial charge in [0.1, 0.15) is 0 Å². The third-order valence-corrected chi connectivity index (χ3v) is 5.78. The zero-order chi connectivity index (χ0) is 13.5. The fraction of sp³-hybridized carbons (Fsp3) is 0.538. The summed E-state index contributed by atoms with van der Waals surface area (Å²) in [7, 11) is -3.28. The highest BCUT2D eigenvalue weighted by atomic mass is 32.2. The first-order valence-corrected chi connectivity index (χ1v) is 7.67. The van der Waals surface area contributed by atoms with Gasteiger partial charge in [0.2, 0.25) is 10.0 Å². The van der Waals surface area contributed by atoms with Gasteiger partial charge in [0.05, 0.1) is 10.9 Å². The lowest BCUT2D eigenvalue weighted by Crippen LogP contribution is -2.33. The summed E-state index contributed by atoms with van der Waals surface area (Å²) in [5, 5.41) is -0.433. The average molecular weight is 268 g/mol. The maximum absolute atomic E-state index is 12.4. The molecule has 0 spiro atoms. The Labute approximate surface area is 109 Å². The van der Waals surface area contributed by atoms with Crippen LogP contribution in [0.3, 0.4) is 0 Å². The second-order valence-electron chi connectivity index (χ2n) is 5.01. The fourth-order valence-corrected chi connectivity index (χ4v) is 4.67. The highest BCUT2D eigenvalue weighted by Gasteiger charge is 2.39. The number of nitrogens with zero attached hydrogens (tertiary/aromatic N) is 1. The van der Waals surface area contributed by atoms with Gasteiger partial charge in [-0.2, -0.15) is 0 Å². The molecule has 5 heteroatoms. The summed E-state index contributed by atoms with van der Waals surface area (Å²) in [6.45, 7) is 6.67. The Kier molecular flexibility index (Phi) is 3.38. The predicted molar refractivity (Wildman–Crippen MR) is 74.4 cm³/mol. The van der Waals surface area contributed by atoms with Gasteiger partial charge in [0, 0.05) is 13.1 Å². The molecule has 1 heterocycles. The van der Waals surface area contributed by atoms with Crippen molar-refractivity contribution in [3.8, 4) is 0 Å². The summed E-state index contributed by atoms with van der Waals surface area (Å²) < 4.78 is 26.3. The van der Waals surface area contributed by atoms with Crippen molar-refractivity contribution in [1.82, 2.24) is 0 Å². The quantitative estimate of drug-likeness (QED) is 0.883. The van der Waals surface area contributed by atoms with Gasteiger partial charge in [-0.1, -0.05) is 17.7 Å². The van der Waals surface area contributed by atoms with Crippen LogP contribution in [0.5, 0.6) is 0 Å². The van der Waals surface area contributed by atoms with Crippen LogP contribution < -0.4 is 10.0 Å². The molecule has 0 aliphatic carbocycles. The molecule has 4 nitrogen and oxygen atoms in total. The van der Waals surface area contributed by atoms with Gasteiger partial charge < -0.3 is 5.73 Å². The van der Waals surface area contributed by atoms with E-state index in [1.807, 2.05) is 32.9 Å². The first-order chi connectivity index (χ1) is 8.37. The smallest absolute Gasteiger partial charge is 0.239 e. The Morgan fingerprint density at radius 2 is 1.83 bits per heavy atom. The molecule has 0 aromatic heterocycles. The summed E-state index contributed by atoms with van der Waals surface area (Å²) in [5.41, 5.74) is 9.54. The van der Waals surface area contributed by atoms with E-state index in [4.69, 9.17) is 5.73 Å². The molecule has 0 radical (unpaired) electrons. The van der Waals surface area contributed by atoms with Gasteiger partial charge in [-0.3, -0.25) is 4.31 Å². The molecule has 1 aromatic carbocycles. The molecule has 1 fully saturated rings. The minimum atomic E-state index is -3.28.